The normalized spacial score (nSPS) is 32.2. The van der Waals surface area contributed by atoms with Gasteiger partial charge in [0, 0.05) is 0 Å². The number of ether oxygens (including phenoxy) is 3. The Bertz CT molecular complexity index is 1510. The Labute approximate surface area is 281 Å². The fourth-order valence-electron chi connectivity index (χ4n) is 4.20. The van der Waals surface area contributed by atoms with Gasteiger partial charge in [0.1, 0.15) is 48.8 Å². The summed E-state index contributed by atoms with van der Waals surface area (Å²) >= 11 is 0. The lowest BCUT2D eigenvalue weighted by molar-refractivity contribution is -0.347. The van der Waals surface area contributed by atoms with Gasteiger partial charge >= 0.3 is 54.8 Å². The molecular formula is C12H29O32P7. The van der Waals surface area contributed by atoms with Gasteiger partial charge in [-0.1, -0.05) is 0 Å². The second kappa shape index (κ2) is 17.4. The number of phosphoric acid groups is 7. The van der Waals surface area contributed by atoms with Crippen LogP contribution in [-0.4, -0.2) is 148 Å². The highest BCUT2D eigenvalue weighted by Crippen LogP contribution is 2.53. The Morgan fingerprint density at radius 1 is 0.392 bits per heavy atom. The van der Waals surface area contributed by atoms with Crippen molar-refractivity contribution in [1.29, 1.82) is 0 Å². The van der Waals surface area contributed by atoms with Crippen molar-refractivity contribution in [2.75, 3.05) is 13.2 Å². The standard InChI is InChI=1S/C12H29O32P7/c13-11-9(43-50(29,30)31)7(41-48(23,24)25)5(3(37-11)1-35-45(14,15)16)39-12-10(44-51(32,33)34)8(42-49(26,27)28)6(40-47(20,21)22)4(38-12)2-36-46(17,18)19/h3-13H,1-2H2,(H2,14,15,16)(H2,17,18,19)(H2,20,21,22)(H2,23,24,25)(H2,26,27,28)(H2,29,30,31)(H2,32,33,34)/t3?,4?,5-,6+,7+,8?,9?,10+,11-,12+/m1/s1. The van der Waals surface area contributed by atoms with Crippen molar-refractivity contribution >= 4 is 54.8 Å². The van der Waals surface area contributed by atoms with Gasteiger partial charge < -0.3 is 87.8 Å². The molecule has 15 N–H and O–H groups in total. The van der Waals surface area contributed by atoms with E-state index in [1.807, 2.05) is 0 Å². The number of hydrogen-bond acceptors (Lipinski definition) is 18. The van der Waals surface area contributed by atoms with E-state index in [4.69, 9.17) is 33.8 Å². The number of rotatable bonds is 18. The van der Waals surface area contributed by atoms with Gasteiger partial charge in [-0.15, -0.1) is 0 Å². The molecule has 10 atom stereocenters. The topological polar surface area (TPSA) is 515 Å². The van der Waals surface area contributed by atoms with E-state index in [9.17, 15) is 86.0 Å². The van der Waals surface area contributed by atoms with Crippen LogP contribution in [0.4, 0.5) is 0 Å². The van der Waals surface area contributed by atoms with E-state index in [1.54, 1.807) is 0 Å². The van der Waals surface area contributed by atoms with Crippen LogP contribution < -0.4 is 0 Å². The first-order valence-electron chi connectivity index (χ1n) is 12.3. The average Bonchev–Trinajstić information content (AvgIpc) is 2.84. The Hall–Kier alpha value is 0.610. The highest BCUT2D eigenvalue weighted by molar-refractivity contribution is 7.47. The molecule has 2 fully saturated rings. The summed E-state index contributed by atoms with van der Waals surface area (Å²) in [6.45, 7) is -3.25. The fourth-order valence-corrected chi connectivity index (χ4v) is 7.64. The van der Waals surface area contributed by atoms with Crippen molar-refractivity contribution in [3.05, 3.63) is 0 Å². The van der Waals surface area contributed by atoms with Crippen molar-refractivity contribution < 1.29 is 151 Å². The van der Waals surface area contributed by atoms with E-state index in [-0.39, 0.29) is 0 Å². The summed E-state index contributed by atoms with van der Waals surface area (Å²) in [5.74, 6) is 0. The summed E-state index contributed by atoms with van der Waals surface area (Å²) < 4.78 is 127. The van der Waals surface area contributed by atoms with Crippen molar-refractivity contribution in [1.82, 2.24) is 0 Å². The Morgan fingerprint density at radius 3 is 1.08 bits per heavy atom. The van der Waals surface area contributed by atoms with E-state index in [1.165, 1.54) is 0 Å². The molecule has 2 aliphatic rings. The lowest BCUT2D eigenvalue weighted by atomic mass is 9.97. The molecule has 0 aromatic rings. The van der Waals surface area contributed by atoms with E-state index in [0.717, 1.165) is 0 Å². The molecule has 0 saturated carbocycles. The molecule has 0 radical (unpaired) electrons. The summed E-state index contributed by atoms with van der Waals surface area (Å²) in [5.41, 5.74) is 0. The molecule has 4 unspecified atom stereocenters. The molecule has 39 heteroatoms. The first-order chi connectivity index (χ1) is 22.5. The molecule has 304 valence electrons. The first kappa shape index (κ1) is 47.8. The molecule has 0 aliphatic carbocycles. The average molecular weight is 902 g/mol. The number of aliphatic hydroxyl groups is 1. The molecule has 2 aliphatic heterocycles. The van der Waals surface area contributed by atoms with Gasteiger partial charge in [0.15, 0.2) is 12.6 Å². The molecule has 2 heterocycles. The molecule has 0 amide bonds. The zero-order chi connectivity index (χ0) is 39.8. The Kier molecular flexibility index (Phi) is 16.3. The summed E-state index contributed by atoms with van der Waals surface area (Å²) in [6.07, 6.45) is -28.3. The zero-order valence-electron chi connectivity index (χ0n) is 24.0. The Balaban J connectivity index is 2.87. The molecule has 0 spiro atoms. The SMILES string of the molecule is O=P(O)(O)OCC1O[C@@H](O[C@@H]2C(COP(=O)(O)O)O[C@@H](O)C(OP(=O)(O)O)[C@H]2OP(=O)(O)O)[C@@H](OP(=O)(O)O)C(OP(=O)(O)O)[C@H]1OP(=O)(O)O. The van der Waals surface area contributed by atoms with Crippen molar-refractivity contribution in [2.24, 2.45) is 0 Å². The Morgan fingerprint density at radius 2 is 0.706 bits per heavy atom. The minimum Gasteiger partial charge on any atom is -0.366 e. The summed E-state index contributed by atoms with van der Waals surface area (Å²) in [6, 6.07) is 0. The van der Waals surface area contributed by atoms with Crippen LogP contribution in [0.15, 0.2) is 0 Å². The van der Waals surface area contributed by atoms with Gasteiger partial charge in [0.2, 0.25) is 0 Å². The summed E-state index contributed by atoms with van der Waals surface area (Å²) in [7, 11) is -41.2. The summed E-state index contributed by atoms with van der Waals surface area (Å²) in [4.78, 5) is 131. The lowest BCUT2D eigenvalue weighted by Crippen LogP contribution is -2.65. The zero-order valence-corrected chi connectivity index (χ0v) is 30.2. The van der Waals surface area contributed by atoms with Gasteiger partial charge in [-0.25, -0.2) is 32.0 Å². The first-order valence-corrected chi connectivity index (χ1v) is 23.0. The predicted octanol–water partition coefficient (Wildman–Crippen LogP) is -4.58. The molecule has 32 nitrogen and oxygen atoms in total. The third-order valence-corrected chi connectivity index (χ3v) is 9.16. The largest absolute Gasteiger partial charge is 0.470 e. The summed E-state index contributed by atoms with van der Waals surface area (Å²) in [5, 5.41) is 10.4. The molecule has 2 saturated heterocycles. The maximum Gasteiger partial charge on any atom is 0.470 e. The van der Waals surface area contributed by atoms with Crippen LogP contribution in [0.1, 0.15) is 0 Å². The number of hydrogen-bond donors (Lipinski definition) is 15. The number of aliphatic hydroxyl groups excluding tert-OH is 1. The van der Waals surface area contributed by atoms with Crippen molar-refractivity contribution in [2.45, 2.75) is 61.4 Å². The van der Waals surface area contributed by atoms with E-state index < -0.39 is 129 Å². The van der Waals surface area contributed by atoms with Gasteiger partial charge in [-0.05, 0) is 0 Å². The monoisotopic (exact) mass is 902 g/mol. The molecule has 2 rings (SSSR count). The predicted molar refractivity (Wildman–Crippen MR) is 145 cm³/mol. The van der Waals surface area contributed by atoms with E-state index >= 15 is 0 Å². The van der Waals surface area contributed by atoms with E-state index in [2.05, 4.69) is 31.7 Å². The highest BCUT2D eigenvalue weighted by atomic mass is 31.2. The second-order valence-electron chi connectivity index (χ2n) is 9.58. The van der Waals surface area contributed by atoms with Crippen LogP contribution in [-0.2, 0) is 77.8 Å². The molecule has 0 aromatic heterocycles. The van der Waals surface area contributed by atoms with Crippen LogP contribution >= 0.6 is 54.8 Å². The van der Waals surface area contributed by atoms with Gasteiger partial charge in [0.05, 0.1) is 13.2 Å². The smallest absolute Gasteiger partial charge is 0.366 e. The second-order valence-corrected chi connectivity index (χ2v) is 18.0. The van der Waals surface area contributed by atoms with Crippen LogP contribution in [0.5, 0.6) is 0 Å². The van der Waals surface area contributed by atoms with Gasteiger partial charge in [-0.2, -0.15) is 0 Å². The van der Waals surface area contributed by atoms with Crippen molar-refractivity contribution in [3.8, 4) is 0 Å². The van der Waals surface area contributed by atoms with Crippen LogP contribution in [0.2, 0.25) is 0 Å². The van der Waals surface area contributed by atoms with Crippen molar-refractivity contribution in [3.63, 3.8) is 0 Å². The van der Waals surface area contributed by atoms with Gasteiger partial charge in [-0.3, -0.25) is 31.7 Å². The minimum atomic E-state index is -6.10. The van der Waals surface area contributed by atoms with Crippen LogP contribution in [0.25, 0.3) is 0 Å². The quantitative estimate of drug-likeness (QED) is 0.0576. The molecular weight excluding hydrogens is 873 g/mol. The van der Waals surface area contributed by atoms with Crippen LogP contribution in [0, 0.1) is 0 Å². The fraction of sp³-hybridized carbons (Fsp3) is 1.00. The third-order valence-electron chi connectivity index (χ3n) is 5.60. The highest BCUT2D eigenvalue weighted by Gasteiger charge is 2.59. The number of phosphoric ester groups is 7. The minimum absolute atomic E-state index is 1.58. The maximum atomic E-state index is 12.0. The third kappa shape index (κ3) is 18.0. The van der Waals surface area contributed by atoms with Gasteiger partial charge in [0.25, 0.3) is 0 Å². The van der Waals surface area contributed by atoms with Crippen LogP contribution in [0.3, 0.4) is 0 Å². The molecule has 51 heavy (non-hydrogen) atoms. The van der Waals surface area contributed by atoms with E-state index in [0.29, 0.717) is 0 Å². The maximum absolute atomic E-state index is 12.0. The molecule has 0 aromatic carbocycles. The lowest BCUT2D eigenvalue weighted by Gasteiger charge is -2.49. The molecule has 0 bridgehead atoms.